The first-order valence-corrected chi connectivity index (χ1v) is 9.43. The van der Waals surface area contributed by atoms with Crippen molar-refractivity contribution in [3.05, 3.63) is 53.6 Å². The molecule has 3 aliphatic rings. The van der Waals surface area contributed by atoms with Gasteiger partial charge in [0.05, 0.1) is 29.9 Å². The number of nitrogens with zero attached hydrogens (tertiary/aromatic N) is 2. The van der Waals surface area contributed by atoms with Crippen LogP contribution < -0.4 is 15.0 Å². The van der Waals surface area contributed by atoms with Crippen molar-refractivity contribution in [2.75, 3.05) is 42.9 Å². The summed E-state index contributed by atoms with van der Waals surface area (Å²) in [4.78, 5) is 15.2. The predicted molar refractivity (Wildman–Crippen MR) is 111 cm³/mol. The second kappa shape index (κ2) is 7.13. The van der Waals surface area contributed by atoms with Crippen molar-refractivity contribution in [2.45, 2.75) is 31.7 Å². The van der Waals surface area contributed by atoms with Crippen LogP contribution in [-0.4, -0.2) is 49.5 Å². The van der Waals surface area contributed by atoms with E-state index in [1.807, 2.05) is 13.0 Å². The highest BCUT2D eigenvalue weighted by atomic mass is 16.5. The number of hydrogen-bond donors (Lipinski definition) is 1. The van der Waals surface area contributed by atoms with E-state index in [9.17, 15) is 4.79 Å². The van der Waals surface area contributed by atoms with Crippen LogP contribution in [0.3, 0.4) is 0 Å². The minimum absolute atomic E-state index is 0.0228. The number of para-hydroxylation sites is 1. The molecule has 1 fully saturated rings. The average molecular weight is 386 g/mol. The molecular weight excluding hydrogens is 350 g/mol. The fourth-order valence-electron chi connectivity index (χ4n) is 4.24. The molecule has 1 N–H and O–H groups in total. The highest BCUT2D eigenvalue weighted by Crippen LogP contribution is 2.49. The number of carbonyl (C=O) groups is 1. The van der Waals surface area contributed by atoms with E-state index < -0.39 is 43.8 Å². The molecule has 1 saturated heterocycles. The van der Waals surface area contributed by atoms with Gasteiger partial charge in [0.15, 0.2) is 0 Å². The molecule has 0 spiro atoms. The van der Waals surface area contributed by atoms with E-state index in [1.54, 1.807) is 24.3 Å². The molecule has 0 unspecified atom stereocenters. The Morgan fingerprint density at radius 3 is 3.00 bits per heavy atom. The fourth-order valence-corrected chi connectivity index (χ4v) is 4.24. The molecule has 0 radical (unpaired) electrons. The van der Waals surface area contributed by atoms with E-state index in [2.05, 4.69) is 5.32 Å². The number of piperidine rings is 1. The van der Waals surface area contributed by atoms with Crippen LogP contribution in [0.1, 0.15) is 40.8 Å². The molecule has 2 aromatic carbocycles. The Kier molecular flexibility index (Phi) is 2.77. The quantitative estimate of drug-likeness (QED) is 0.857. The van der Waals surface area contributed by atoms with E-state index in [0.29, 0.717) is 11.4 Å². The summed E-state index contributed by atoms with van der Waals surface area (Å²) in [5, 5.41) is 2.61. The zero-order valence-corrected chi connectivity index (χ0v) is 15.5. The summed E-state index contributed by atoms with van der Waals surface area (Å²) in [6, 6.07) is 11.3. The first-order chi connectivity index (χ1) is 16.7. The van der Waals surface area contributed by atoms with Crippen molar-refractivity contribution in [3.8, 4) is 5.75 Å². The molecule has 5 nitrogen and oxygen atoms in total. The number of aryl methyl sites for hydroxylation is 1. The number of rotatable bonds is 5. The van der Waals surface area contributed by atoms with Gasteiger partial charge in [-0.1, -0.05) is 29.8 Å². The lowest BCUT2D eigenvalue weighted by molar-refractivity contribution is -0.115. The SMILES string of the molecule is [2H]C1([2H])C(=O)Nc2cccc3c2N1[C@H]1CCN(C([2H])([2H])C([2H])([2H])C([2H])([2H])Oc2ccc(C)cc2)C[C@@H]31. The summed E-state index contributed by atoms with van der Waals surface area (Å²) < 4.78 is 73.3. The largest absolute Gasteiger partial charge is 0.494 e. The number of carbonyl (C=O) groups excluding carboxylic acids is 1. The van der Waals surface area contributed by atoms with Gasteiger partial charge in [-0.2, -0.15) is 0 Å². The maximum absolute atomic E-state index is 12.5. The number of hydrogen-bond acceptors (Lipinski definition) is 4. The first kappa shape index (κ1) is 10.9. The van der Waals surface area contributed by atoms with Crippen LogP contribution in [0, 0.1) is 6.92 Å². The lowest BCUT2D eigenvalue weighted by atomic mass is 9.89. The van der Waals surface area contributed by atoms with Crippen LogP contribution >= 0.6 is 0 Å². The number of ether oxygens (including phenoxy) is 1. The van der Waals surface area contributed by atoms with Gasteiger partial charge in [0.1, 0.15) is 5.75 Å². The van der Waals surface area contributed by atoms with Gasteiger partial charge in [-0.3, -0.25) is 4.79 Å². The summed E-state index contributed by atoms with van der Waals surface area (Å²) in [5.41, 5.74) is 2.74. The Bertz CT molecular complexity index is 1200. The Balaban J connectivity index is 1.44. The van der Waals surface area contributed by atoms with Crippen molar-refractivity contribution in [1.29, 1.82) is 0 Å². The van der Waals surface area contributed by atoms with Gasteiger partial charge >= 0.3 is 0 Å². The molecule has 5 heteroatoms. The monoisotopic (exact) mass is 385 g/mol. The molecule has 2 atom stereocenters. The third kappa shape index (κ3) is 3.14. The Hall–Kier alpha value is -2.53. The van der Waals surface area contributed by atoms with Crippen LogP contribution in [0.15, 0.2) is 42.5 Å². The van der Waals surface area contributed by atoms with Gasteiger partial charge in [-0.15, -0.1) is 0 Å². The topological polar surface area (TPSA) is 44.8 Å². The maximum atomic E-state index is 12.5. The third-order valence-corrected chi connectivity index (χ3v) is 5.54. The molecule has 3 heterocycles. The van der Waals surface area contributed by atoms with Crippen LogP contribution in [0.5, 0.6) is 5.75 Å². The average Bonchev–Trinajstić information content (AvgIpc) is 3.15. The summed E-state index contributed by atoms with van der Waals surface area (Å²) in [5.74, 6) is -1.07. The minimum atomic E-state index is -3.07. The normalized spacial score (nSPS) is 30.8. The van der Waals surface area contributed by atoms with Gasteiger partial charge in [-0.25, -0.2) is 0 Å². The van der Waals surface area contributed by atoms with Crippen molar-refractivity contribution in [3.63, 3.8) is 0 Å². The smallest absolute Gasteiger partial charge is 0.243 e. The molecular formula is C23H27N3O2. The van der Waals surface area contributed by atoms with Gasteiger partial charge < -0.3 is 19.9 Å². The van der Waals surface area contributed by atoms with E-state index in [4.69, 9.17) is 15.7 Å². The highest BCUT2D eigenvalue weighted by Gasteiger charge is 2.44. The molecule has 5 rings (SSSR count). The van der Waals surface area contributed by atoms with Crippen LogP contribution in [-0.2, 0) is 4.79 Å². The molecule has 28 heavy (non-hydrogen) atoms. The number of nitrogens with one attached hydrogen (secondary N) is 1. The highest BCUT2D eigenvalue weighted by molar-refractivity contribution is 6.03. The molecule has 146 valence electrons. The van der Waals surface area contributed by atoms with Crippen molar-refractivity contribution >= 4 is 17.3 Å². The number of amides is 1. The zero-order valence-electron chi connectivity index (χ0n) is 23.5. The fraction of sp³-hybridized carbons (Fsp3) is 0.435. The van der Waals surface area contributed by atoms with Crippen molar-refractivity contribution in [1.82, 2.24) is 4.90 Å². The lowest BCUT2D eigenvalue weighted by Gasteiger charge is -2.39. The summed E-state index contributed by atoms with van der Waals surface area (Å²) >= 11 is 0. The summed E-state index contributed by atoms with van der Waals surface area (Å²) in [6.45, 7) is -6.11. The van der Waals surface area contributed by atoms with E-state index in [1.165, 1.54) is 21.9 Å². The zero-order chi connectivity index (χ0) is 26.3. The van der Waals surface area contributed by atoms with E-state index in [0.717, 1.165) is 11.1 Å². The van der Waals surface area contributed by atoms with Gasteiger partial charge in [-0.05, 0) is 43.5 Å². The first-order valence-electron chi connectivity index (χ1n) is 13.4. The van der Waals surface area contributed by atoms with Crippen LogP contribution in [0.25, 0.3) is 0 Å². The van der Waals surface area contributed by atoms with Gasteiger partial charge in [0.2, 0.25) is 5.91 Å². The molecule has 0 saturated carbocycles. The van der Waals surface area contributed by atoms with Crippen LogP contribution in [0.2, 0.25) is 0 Å². The molecule has 0 bridgehead atoms. The second-order valence-electron chi connectivity index (χ2n) is 7.34. The molecule has 3 aliphatic heterocycles. The second-order valence-corrected chi connectivity index (χ2v) is 7.34. The summed E-state index contributed by atoms with van der Waals surface area (Å²) in [6.07, 6.45) is -2.80. The third-order valence-electron chi connectivity index (χ3n) is 5.54. The summed E-state index contributed by atoms with van der Waals surface area (Å²) in [7, 11) is 0. The Morgan fingerprint density at radius 1 is 1.29 bits per heavy atom. The Labute approximate surface area is 177 Å². The number of benzene rings is 2. The predicted octanol–water partition coefficient (Wildman–Crippen LogP) is 3.39. The van der Waals surface area contributed by atoms with Gasteiger partial charge in [0, 0.05) is 37.0 Å². The van der Waals surface area contributed by atoms with Crippen molar-refractivity contribution < 1.29 is 20.5 Å². The maximum Gasteiger partial charge on any atom is 0.243 e. The van der Waals surface area contributed by atoms with E-state index in [-0.39, 0.29) is 25.3 Å². The minimum Gasteiger partial charge on any atom is -0.494 e. The number of fused-ring (bicyclic) bond motifs is 3. The van der Waals surface area contributed by atoms with Crippen LogP contribution in [0.4, 0.5) is 11.4 Å². The molecule has 1 amide bonds. The van der Waals surface area contributed by atoms with Gasteiger partial charge in [0.25, 0.3) is 0 Å². The number of likely N-dealkylation sites (tertiary alicyclic amines) is 1. The lowest BCUT2D eigenvalue weighted by Crippen LogP contribution is -2.49. The molecule has 0 aromatic heterocycles. The van der Waals surface area contributed by atoms with E-state index >= 15 is 0 Å². The number of anilines is 2. The Morgan fingerprint density at radius 2 is 2.14 bits per heavy atom. The molecule has 2 aromatic rings. The van der Waals surface area contributed by atoms with Crippen molar-refractivity contribution in [2.24, 2.45) is 0 Å². The molecule has 0 aliphatic carbocycles. The standard InChI is InChI=1S/C23H27N3O2/c1-16-6-8-17(9-7-16)28-13-3-11-25-12-10-21-19(14-25)18-4-2-5-20-23(18)26(21)15-22(27)24-20/h2,4-9,19,21H,3,10-15H2,1H3,(H,24,27)/t19-,21-/m0/s1/i3D2,11D2,13D2,15D2.